The normalized spacial score (nSPS) is 17.6. The van der Waals surface area contributed by atoms with Crippen LogP contribution in [0.5, 0.6) is 0 Å². The fourth-order valence-electron chi connectivity index (χ4n) is 2.56. The maximum atomic E-state index is 5.78. The Morgan fingerprint density at radius 1 is 1.37 bits per heavy atom. The van der Waals surface area contributed by atoms with Crippen molar-refractivity contribution in [1.82, 2.24) is 15.6 Å². The first-order chi connectivity index (χ1) is 12.5. The summed E-state index contributed by atoms with van der Waals surface area (Å²) in [4.78, 5) is 8.85. The van der Waals surface area contributed by atoms with Gasteiger partial charge in [0.2, 0.25) is 5.89 Å². The van der Waals surface area contributed by atoms with Gasteiger partial charge in [-0.05, 0) is 19.8 Å². The highest BCUT2D eigenvalue weighted by Crippen LogP contribution is 2.22. The van der Waals surface area contributed by atoms with Crippen LogP contribution in [-0.4, -0.2) is 50.5 Å². The van der Waals surface area contributed by atoms with E-state index in [1.807, 2.05) is 6.92 Å². The lowest BCUT2D eigenvalue weighted by Gasteiger charge is -2.13. The highest BCUT2D eigenvalue weighted by atomic mass is 127. The zero-order valence-electron chi connectivity index (χ0n) is 17.0. The van der Waals surface area contributed by atoms with Gasteiger partial charge in [-0.25, -0.2) is 9.98 Å². The molecule has 2 N–H and O–H groups in total. The molecule has 0 aromatic carbocycles. The van der Waals surface area contributed by atoms with Crippen LogP contribution < -0.4 is 10.6 Å². The van der Waals surface area contributed by atoms with Gasteiger partial charge in [0.05, 0.1) is 19.4 Å². The summed E-state index contributed by atoms with van der Waals surface area (Å²) in [5.41, 5.74) is -0.0393. The van der Waals surface area contributed by atoms with Crippen molar-refractivity contribution >= 4 is 29.9 Å². The zero-order valence-corrected chi connectivity index (χ0v) is 19.4. The molecule has 0 aliphatic carbocycles. The molecule has 156 valence electrons. The minimum atomic E-state index is -0.0393. The molecule has 0 spiro atoms. The third-order valence-electron chi connectivity index (χ3n) is 4.14. The maximum absolute atomic E-state index is 5.78. The SMILES string of the molecule is CCNC(=NCc1ncc(C(C)(C)C)o1)NCCCOCC1CCOC1.I. The second-order valence-corrected chi connectivity index (χ2v) is 7.65. The van der Waals surface area contributed by atoms with Gasteiger partial charge in [0, 0.05) is 37.6 Å². The molecule has 0 saturated carbocycles. The number of hydrogen-bond acceptors (Lipinski definition) is 5. The highest BCUT2D eigenvalue weighted by Gasteiger charge is 2.19. The van der Waals surface area contributed by atoms with E-state index < -0.39 is 0 Å². The van der Waals surface area contributed by atoms with E-state index in [-0.39, 0.29) is 29.4 Å². The van der Waals surface area contributed by atoms with Crippen LogP contribution in [0.4, 0.5) is 0 Å². The Balaban J connectivity index is 0.00000364. The molecule has 8 heteroatoms. The van der Waals surface area contributed by atoms with Crippen LogP contribution >= 0.6 is 24.0 Å². The molecule has 7 nitrogen and oxygen atoms in total. The van der Waals surface area contributed by atoms with Crippen molar-refractivity contribution in [3.63, 3.8) is 0 Å². The second kappa shape index (κ2) is 12.6. The van der Waals surface area contributed by atoms with Crippen molar-refractivity contribution in [1.29, 1.82) is 0 Å². The van der Waals surface area contributed by atoms with E-state index in [1.165, 1.54) is 0 Å². The number of ether oxygens (including phenoxy) is 2. The van der Waals surface area contributed by atoms with Crippen molar-refractivity contribution < 1.29 is 13.9 Å². The van der Waals surface area contributed by atoms with Crippen LogP contribution in [0.1, 0.15) is 52.2 Å². The summed E-state index contributed by atoms with van der Waals surface area (Å²) in [5.74, 6) is 2.85. The molecular weight excluding hydrogens is 459 g/mol. The number of halogens is 1. The molecule has 2 heterocycles. The molecule has 1 saturated heterocycles. The summed E-state index contributed by atoms with van der Waals surface area (Å²) >= 11 is 0. The first kappa shape index (κ1) is 24.2. The van der Waals surface area contributed by atoms with E-state index in [4.69, 9.17) is 13.9 Å². The summed E-state index contributed by atoms with van der Waals surface area (Å²) < 4.78 is 16.8. The molecule has 1 aromatic rings. The van der Waals surface area contributed by atoms with Crippen LogP contribution in [0.15, 0.2) is 15.6 Å². The predicted octanol–water partition coefficient (Wildman–Crippen LogP) is 3.09. The van der Waals surface area contributed by atoms with Crippen LogP contribution in [-0.2, 0) is 21.4 Å². The quantitative estimate of drug-likeness (QED) is 0.238. The van der Waals surface area contributed by atoms with E-state index in [0.29, 0.717) is 18.4 Å². The molecule has 1 aliphatic heterocycles. The maximum Gasteiger partial charge on any atom is 0.216 e. The molecule has 1 fully saturated rings. The van der Waals surface area contributed by atoms with Gasteiger partial charge in [-0.2, -0.15) is 0 Å². The number of nitrogens with one attached hydrogen (secondary N) is 2. The monoisotopic (exact) mass is 494 g/mol. The molecule has 27 heavy (non-hydrogen) atoms. The number of hydrogen-bond donors (Lipinski definition) is 2. The first-order valence-corrected chi connectivity index (χ1v) is 9.62. The smallest absolute Gasteiger partial charge is 0.216 e. The fourth-order valence-corrected chi connectivity index (χ4v) is 2.56. The summed E-state index contributed by atoms with van der Waals surface area (Å²) in [6.07, 6.45) is 3.84. The third-order valence-corrected chi connectivity index (χ3v) is 4.14. The minimum Gasteiger partial charge on any atom is -0.443 e. The van der Waals surface area contributed by atoms with E-state index in [9.17, 15) is 0 Å². The van der Waals surface area contributed by atoms with Gasteiger partial charge in [0.15, 0.2) is 5.96 Å². The van der Waals surface area contributed by atoms with E-state index in [1.54, 1.807) is 6.20 Å². The van der Waals surface area contributed by atoms with Crippen molar-refractivity contribution in [2.45, 2.75) is 52.5 Å². The van der Waals surface area contributed by atoms with Gasteiger partial charge in [-0.1, -0.05) is 20.8 Å². The largest absolute Gasteiger partial charge is 0.443 e. The molecule has 1 atom stereocenters. The van der Waals surface area contributed by atoms with E-state index >= 15 is 0 Å². The third kappa shape index (κ3) is 9.25. The lowest BCUT2D eigenvalue weighted by atomic mass is 9.94. The topological polar surface area (TPSA) is 80.9 Å². The molecule has 1 unspecified atom stereocenters. The Labute approximate surface area is 180 Å². The molecule has 0 amide bonds. The average Bonchev–Trinajstić information content (AvgIpc) is 3.26. The average molecular weight is 494 g/mol. The molecule has 1 aromatic heterocycles. The summed E-state index contributed by atoms with van der Waals surface area (Å²) in [6.45, 7) is 13.7. The highest BCUT2D eigenvalue weighted by molar-refractivity contribution is 14.0. The predicted molar refractivity (Wildman–Crippen MR) is 118 cm³/mol. The molecule has 0 radical (unpaired) electrons. The molecule has 2 rings (SSSR count). The standard InChI is InChI=1S/C19H34N4O3.HI/c1-5-20-18(21-8-6-9-24-13-15-7-10-25-14-15)23-12-17-22-11-16(26-17)19(2,3)4;/h11,15H,5-10,12-14H2,1-4H3,(H2,20,21,23);1H. The number of aliphatic imine (C=N–C) groups is 1. The number of rotatable bonds is 9. The Bertz CT molecular complexity index is 551. The molecule has 1 aliphatic rings. The molecule has 0 bridgehead atoms. The molecular formula is C19H35IN4O3. The van der Waals surface area contributed by atoms with E-state index in [0.717, 1.165) is 64.1 Å². The van der Waals surface area contributed by atoms with E-state index in [2.05, 4.69) is 41.4 Å². The van der Waals surface area contributed by atoms with Gasteiger partial charge >= 0.3 is 0 Å². The van der Waals surface area contributed by atoms with Crippen molar-refractivity contribution in [2.75, 3.05) is 39.5 Å². The lowest BCUT2D eigenvalue weighted by molar-refractivity contribution is 0.0888. The summed E-state index contributed by atoms with van der Waals surface area (Å²) in [5, 5.41) is 6.56. The number of guanidine groups is 1. The second-order valence-electron chi connectivity index (χ2n) is 7.65. The first-order valence-electron chi connectivity index (χ1n) is 9.62. The minimum absolute atomic E-state index is 0. The number of oxazole rings is 1. The number of aromatic nitrogens is 1. The Morgan fingerprint density at radius 2 is 2.19 bits per heavy atom. The summed E-state index contributed by atoms with van der Waals surface area (Å²) in [7, 11) is 0. The Kier molecular flexibility index (Phi) is 11.2. The Hall–Kier alpha value is -0.870. The number of nitrogens with zero attached hydrogens (tertiary/aromatic N) is 2. The van der Waals surface area contributed by atoms with Gasteiger partial charge in [0.25, 0.3) is 0 Å². The lowest BCUT2D eigenvalue weighted by Crippen LogP contribution is -2.38. The van der Waals surface area contributed by atoms with Gasteiger partial charge < -0.3 is 24.5 Å². The van der Waals surface area contributed by atoms with Crippen LogP contribution in [0.3, 0.4) is 0 Å². The zero-order chi connectivity index (χ0) is 18.8. The van der Waals surface area contributed by atoms with Crippen molar-refractivity contribution in [3.8, 4) is 0 Å². The van der Waals surface area contributed by atoms with Crippen LogP contribution in [0.2, 0.25) is 0 Å². The van der Waals surface area contributed by atoms with Gasteiger partial charge in [0.1, 0.15) is 12.3 Å². The van der Waals surface area contributed by atoms with Gasteiger partial charge in [-0.15, -0.1) is 24.0 Å². The van der Waals surface area contributed by atoms with Crippen LogP contribution in [0.25, 0.3) is 0 Å². The van der Waals surface area contributed by atoms with Crippen LogP contribution in [0, 0.1) is 5.92 Å². The van der Waals surface area contributed by atoms with Crippen molar-refractivity contribution in [2.24, 2.45) is 10.9 Å². The summed E-state index contributed by atoms with van der Waals surface area (Å²) in [6, 6.07) is 0. The fraction of sp³-hybridized carbons (Fsp3) is 0.789. The van der Waals surface area contributed by atoms with Gasteiger partial charge in [-0.3, -0.25) is 0 Å². The van der Waals surface area contributed by atoms with Crippen molar-refractivity contribution in [3.05, 3.63) is 17.8 Å². The Morgan fingerprint density at radius 3 is 2.81 bits per heavy atom.